The summed E-state index contributed by atoms with van der Waals surface area (Å²) in [6.07, 6.45) is 5.76. The van der Waals surface area contributed by atoms with Gasteiger partial charge in [0.2, 0.25) is 0 Å². The molecule has 0 heterocycles. The Bertz CT molecular complexity index is 610. The van der Waals surface area contributed by atoms with E-state index in [9.17, 15) is 9.90 Å². The molecule has 20 heavy (non-hydrogen) atoms. The van der Waals surface area contributed by atoms with Crippen LogP contribution in [0.25, 0.3) is 6.08 Å². The largest absolute Gasteiger partial charge is 0.478 e. The summed E-state index contributed by atoms with van der Waals surface area (Å²) < 4.78 is 0. The number of hydrogen-bond acceptors (Lipinski definition) is 1. The quantitative estimate of drug-likeness (QED) is 0.655. The van der Waals surface area contributed by atoms with Crippen LogP contribution in [-0.4, -0.2) is 11.1 Å². The zero-order valence-corrected chi connectivity index (χ0v) is 11.1. The molecule has 0 amide bonds. The lowest BCUT2D eigenvalue weighted by molar-refractivity contribution is -0.132. The lowest BCUT2D eigenvalue weighted by Crippen LogP contribution is -2.03. The van der Waals surface area contributed by atoms with E-state index in [2.05, 4.69) is 0 Å². The van der Waals surface area contributed by atoms with Crippen LogP contribution in [0.4, 0.5) is 0 Å². The zero-order valence-electron chi connectivity index (χ0n) is 11.1. The molecule has 0 saturated carbocycles. The molecule has 0 aliphatic heterocycles. The zero-order chi connectivity index (χ0) is 14.2. The van der Waals surface area contributed by atoms with Gasteiger partial charge in [0.05, 0.1) is 0 Å². The van der Waals surface area contributed by atoms with Crippen molar-refractivity contribution in [2.24, 2.45) is 0 Å². The van der Waals surface area contributed by atoms with Gasteiger partial charge < -0.3 is 5.11 Å². The van der Waals surface area contributed by atoms with E-state index < -0.39 is 5.97 Å². The molecule has 0 aromatic heterocycles. The van der Waals surface area contributed by atoms with Gasteiger partial charge in [0.1, 0.15) is 0 Å². The summed E-state index contributed by atoms with van der Waals surface area (Å²) in [5.41, 5.74) is 2.42. The molecule has 2 heteroatoms. The number of carboxylic acids is 1. The Balaban J connectivity index is 2.11. The Morgan fingerprint density at radius 3 is 2.15 bits per heavy atom. The van der Waals surface area contributed by atoms with Crippen molar-refractivity contribution in [3.8, 4) is 0 Å². The second-order valence-corrected chi connectivity index (χ2v) is 4.43. The molecule has 2 aromatic carbocycles. The molecule has 0 saturated heterocycles. The smallest absolute Gasteiger partial charge is 0.331 e. The van der Waals surface area contributed by atoms with Crippen LogP contribution in [0.1, 0.15) is 11.1 Å². The third-order valence-corrected chi connectivity index (χ3v) is 2.90. The predicted octanol–water partition coefficient (Wildman–Crippen LogP) is 3.95. The molecule has 1 N–H and O–H groups in total. The van der Waals surface area contributed by atoms with Crippen LogP contribution in [0.15, 0.2) is 78.4 Å². The number of allylic oxidation sites excluding steroid dienone is 2. The Labute approximate surface area is 118 Å². The highest BCUT2D eigenvalue weighted by Crippen LogP contribution is 2.09. The molecule has 0 aliphatic carbocycles. The summed E-state index contributed by atoms with van der Waals surface area (Å²) in [6.45, 7) is 0. The van der Waals surface area contributed by atoms with Gasteiger partial charge in [-0.2, -0.15) is 0 Å². The fourth-order valence-corrected chi connectivity index (χ4v) is 1.86. The number of aliphatic carboxylic acids is 1. The molecule has 0 atom stereocenters. The van der Waals surface area contributed by atoms with Crippen molar-refractivity contribution in [2.45, 2.75) is 6.42 Å². The van der Waals surface area contributed by atoms with Crippen LogP contribution in [0.2, 0.25) is 0 Å². The fraction of sp³-hybridized carbons (Fsp3) is 0.0556. The van der Waals surface area contributed by atoms with Gasteiger partial charge >= 0.3 is 5.97 Å². The van der Waals surface area contributed by atoms with E-state index in [1.807, 2.05) is 66.7 Å². The van der Waals surface area contributed by atoms with Crippen molar-refractivity contribution in [1.29, 1.82) is 0 Å². The highest BCUT2D eigenvalue weighted by atomic mass is 16.4. The van der Waals surface area contributed by atoms with Crippen LogP contribution in [0.3, 0.4) is 0 Å². The lowest BCUT2D eigenvalue weighted by Gasteiger charge is -2.01. The molecule has 100 valence electrons. The first kappa shape index (κ1) is 13.8. The molecule has 0 spiro atoms. The van der Waals surface area contributed by atoms with Gasteiger partial charge in [0, 0.05) is 12.0 Å². The van der Waals surface area contributed by atoms with E-state index in [-0.39, 0.29) is 0 Å². The molecular formula is C18H16O2. The molecule has 0 unspecified atom stereocenters. The van der Waals surface area contributed by atoms with Crippen molar-refractivity contribution in [1.82, 2.24) is 0 Å². The molecule has 2 aromatic rings. The Morgan fingerprint density at radius 1 is 0.950 bits per heavy atom. The van der Waals surface area contributed by atoms with E-state index in [4.69, 9.17) is 0 Å². The molecule has 2 nitrogen and oxygen atoms in total. The van der Waals surface area contributed by atoms with E-state index in [1.165, 1.54) is 0 Å². The van der Waals surface area contributed by atoms with Crippen molar-refractivity contribution in [3.63, 3.8) is 0 Å². The van der Waals surface area contributed by atoms with Gasteiger partial charge in [0.25, 0.3) is 0 Å². The number of rotatable bonds is 5. The van der Waals surface area contributed by atoms with Gasteiger partial charge in [0.15, 0.2) is 0 Å². The molecule has 0 fully saturated rings. The molecule has 2 rings (SSSR count). The third kappa shape index (κ3) is 4.25. The maximum atomic E-state index is 11.2. The van der Waals surface area contributed by atoms with Crippen LogP contribution >= 0.6 is 0 Å². The summed E-state index contributed by atoms with van der Waals surface area (Å²) in [6, 6.07) is 19.4. The first-order valence-corrected chi connectivity index (χ1v) is 6.45. The second-order valence-electron chi connectivity index (χ2n) is 4.43. The van der Waals surface area contributed by atoms with E-state index >= 15 is 0 Å². The van der Waals surface area contributed by atoms with Gasteiger partial charge in [-0.15, -0.1) is 0 Å². The average Bonchev–Trinajstić information content (AvgIpc) is 2.48. The van der Waals surface area contributed by atoms with Crippen molar-refractivity contribution < 1.29 is 9.90 Å². The van der Waals surface area contributed by atoms with Crippen LogP contribution < -0.4 is 0 Å². The van der Waals surface area contributed by atoms with Crippen molar-refractivity contribution in [3.05, 3.63) is 89.5 Å². The van der Waals surface area contributed by atoms with Gasteiger partial charge in [-0.1, -0.05) is 78.9 Å². The molecule has 0 aliphatic rings. The van der Waals surface area contributed by atoms with Gasteiger partial charge in [-0.25, -0.2) is 4.79 Å². The first-order valence-electron chi connectivity index (χ1n) is 6.45. The van der Waals surface area contributed by atoms with Crippen LogP contribution in [0, 0.1) is 0 Å². The monoisotopic (exact) mass is 264 g/mol. The first-order chi connectivity index (χ1) is 9.75. The number of benzene rings is 2. The minimum Gasteiger partial charge on any atom is -0.478 e. The Kier molecular flexibility index (Phi) is 4.90. The predicted molar refractivity (Wildman–Crippen MR) is 81.3 cm³/mol. The Morgan fingerprint density at radius 2 is 1.55 bits per heavy atom. The maximum absolute atomic E-state index is 11.2. The normalized spacial score (nSPS) is 11.7. The standard InChI is InChI=1S/C18H16O2/c19-18(20)17(14-16-10-5-2-6-11-16)13-7-12-15-8-3-1-4-9-15/h1-13H,14H2,(H,19,20)/b12-7+,17-13+. The maximum Gasteiger partial charge on any atom is 0.331 e. The summed E-state index contributed by atoms with van der Waals surface area (Å²) in [4.78, 5) is 11.2. The number of carboxylic acid groups (broad SMARTS) is 1. The van der Waals surface area contributed by atoms with Crippen molar-refractivity contribution >= 4 is 12.0 Å². The summed E-state index contributed by atoms with van der Waals surface area (Å²) in [5.74, 6) is -0.883. The summed E-state index contributed by atoms with van der Waals surface area (Å²) in [5, 5.41) is 9.23. The molecule has 0 bridgehead atoms. The number of hydrogen-bond donors (Lipinski definition) is 1. The minimum atomic E-state index is -0.883. The van der Waals surface area contributed by atoms with E-state index in [0.29, 0.717) is 12.0 Å². The second kappa shape index (κ2) is 7.10. The minimum absolute atomic E-state index is 0.378. The molecular weight excluding hydrogens is 248 g/mol. The van der Waals surface area contributed by atoms with E-state index in [0.717, 1.165) is 11.1 Å². The lowest BCUT2D eigenvalue weighted by atomic mass is 10.0. The SMILES string of the molecule is O=C(O)/C(=C/C=C/c1ccccc1)Cc1ccccc1. The van der Waals surface area contributed by atoms with E-state index in [1.54, 1.807) is 12.2 Å². The Hall–Kier alpha value is -2.61. The number of carbonyl (C=O) groups is 1. The average molecular weight is 264 g/mol. The van der Waals surface area contributed by atoms with Gasteiger partial charge in [-0.3, -0.25) is 0 Å². The summed E-state index contributed by atoms with van der Waals surface area (Å²) in [7, 11) is 0. The highest BCUT2D eigenvalue weighted by molar-refractivity contribution is 5.87. The van der Waals surface area contributed by atoms with Crippen LogP contribution in [0.5, 0.6) is 0 Å². The topological polar surface area (TPSA) is 37.3 Å². The molecule has 0 radical (unpaired) electrons. The fourth-order valence-electron chi connectivity index (χ4n) is 1.86. The summed E-state index contributed by atoms with van der Waals surface area (Å²) >= 11 is 0. The highest BCUT2D eigenvalue weighted by Gasteiger charge is 2.06. The van der Waals surface area contributed by atoms with Crippen molar-refractivity contribution in [2.75, 3.05) is 0 Å². The van der Waals surface area contributed by atoms with Crippen LogP contribution in [-0.2, 0) is 11.2 Å². The van der Waals surface area contributed by atoms with Gasteiger partial charge in [-0.05, 0) is 11.1 Å². The third-order valence-electron chi connectivity index (χ3n) is 2.90.